The average Bonchev–Trinajstić information content (AvgIpc) is 2.46. The highest BCUT2D eigenvalue weighted by Crippen LogP contribution is 2.37. The van der Waals surface area contributed by atoms with E-state index in [0.717, 1.165) is 0 Å². The van der Waals surface area contributed by atoms with E-state index in [9.17, 15) is 31.1 Å². The largest absolute Gasteiger partial charge is 0.416 e. The van der Waals surface area contributed by atoms with Crippen molar-refractivity contribution < 1.29 is 35.9 Å². The zero-order chi connectivity index (χ0) is 17.3. The molecule has 0 atom stereocenters. The molecule has 1 heterocycles. The summed E-state index contributed by atoms with van der Waals surface area (Å²) < 4.78 is 81.3. The molecular formula is C13H12F6N2O2. The number of carbonyl (C=O) groups excluding carboxylic acids is 1. The van der Waals surface area contributed by atoms with Gasteiger partial charge in [0, 0.05) is 18.8 Å². The second-order valence-electron chi connectivity index (χ2n) is 4.82. The second kappa shape index (κ2) is 6.26. The molecule has 0 saturated carbocycles. The van der Waals surface area contributed by atoms with Crippen molar-refractivity contribution in [3.05, 3.63) is 29.3 Å². The van der Waals surface area contributed by atoms with Gasteiger partial charge in [-0.3, -0.25) is 0 Å². The second-order valence-corrected chi connectivity index (χ2v) is 4.82. The Bertz CT molecular complexity index is 547. The lowest BCUT2D eigenvalue weighted by atomic mass is 10.1. The quantitative estimate of drug-likeness (QED) is 0.793. The van der Waals surface area contributed by atoms with Crippen molar-refractivity contribution >= 4 is 11.7 Å². The summed E-state index contributed by atoms with van der Waals surface area (Å²) in [4.78, 5) is 13.1. The lowest BCUT2D eigenvalue weighted by Crippen LogP contribution is -2.43. The molecule has 1 aromatic carbocycles. The summed E-state index contributed by atoms with van der Waals surface area (Å²) in [6, 6.07) is 0.159. The van der Waals surface area contributed by atoms with Gasteiger partial charge in [-0.1, -0.05) is 0 Å². The Balaban J connectivity index is 2.28. The third-order valence-corrected chi connectivity index (χ3v) is 3.14. The Morgan fingerprint density at radius 3 is 1.87 bits per heavy atom. The molecule has 10 heteroatoms. The number of carbonyl (C=O) groups is 1. The van der Waals surface area contributed by atoms with Gasteiger partial charge in [0.15, 0.2) is 0 Å². The van der Waals surface area contributed by atoms with Crippen LogP contribution in [-0.4, -0.2) is 37.2 Å². The first-order valence-corrected chi connectivity index (χ1v) is 6.50. The van der Waals surface area contributed by atoms with E-state index in [1.54, 1.807) is 0 Å². The summed E-state index contributed by atoms with van der Waals surface area (Å²) >= 11 is 0. The molecule has 1 saturated heterocycles. The van der Waals surface area contributed by atoms with Gasteiger partial charge in [-0.15, -0.1) is 0 Å². The van der Waals surface area contributed by atoms with Crippen molar-refractivity contribution in [1.29, 1.82) is 0 Å². The number of benzene rings is 1. The highest BCUT2D eigenvalue weighted by Gasteiger charge is 2.37. The van der Waals surface area contributed by atoms with Crippen LogP contribution in [0, 0.1) is 0 Å². The Morgan fingerprint density at radius 1 is 0.957 bits per heavy atom. The van der Waals surface area contributed by atoms with Gasteiger partial charge in [0.1, 0.15) is 0 Å². The first-order chi connectivity index (χ1) is 10.6. The van der Waals surface area contributed by atoms with Gasteiger partial charge in [-0.2, -0.15) is 26.3 Å². The molecule has 2 rings (SSSR count). The van der Waals surface area contributed by atoms with Crippen LogP contribution in [0.15, 0.2) is 18.2 Å². The molecule has 1 aliphatic heterocycles. The third kappa shape index (κ3) is 4.50. The maximum absolute atomic E-state index is 12.7. The van der Waals surface area contributed by atoms with Crippen LogP contribution in [0.1, 0.15) is 11.1 Å². The summed E-state index contributed by atoms with van der Waals surface area (Å²) in [5.74, 6) is 0. The number of halogens is 6. The van der Waals surface area contributed by atoms with E-state index >= 15 is 0 Å². The lowest BCUT2D eigenvalue weighted by molar-refractivity contribution is -0.143. The van der Waals surface area contributed by atoms with Gasteiger partial charge in [0.05, 0.1) is 24.3 Å². The van der Waals surface area contributed by atoms with Crippen LogP contribution in [0.4, 0.5) is 36.8 Å². The predicted octanol–water partition coefficient (Wildman–Crippen LogP) is 3.59. The van der Waals surface area contributed by atoms with Crippen LogP contribution in [0.2, 0.25) is 0 Å². The molecule has 128 valence electrons. The molecule has 0 aliphatic carbocycles. The number of anilines is 1. The number of nitrogens with one attached hydrogen (secondary N) is 1. The third-order valence-electron chi connectivity index (χ3n) is 3.14. The van der Waals surface area contributed by atoms with E-state index in [0.29, 0.717) is 12.1 Å². The number of hydrogen-bond donors (Lipinski definition) is 1. The molecule has 2 amide bonds. The van der Waals surface area contributed by atoms with Gasteiger partial charge >= 0.3 is 18.4 Å². The van der Waals surface area contributed by atoms with Crippen molar-refractivity contribution in [3.8, 4) is 0 Å². The number of hydrogen-bond acceptors (Lipinski definition) is 2. The Kier molecular flexibility index (Phi) is 4.73. The van der Waals surface area contributed by atoms with E-state index in [1.807, 2.05) is 0 Å². The summed E-state index contributed by atoms with van der Waals surface area (Å²) in [6.45, 7) is 0.918. The molecule has 0 aromatic heterocycles. The number of rotatable bonds is 1. The lowest BCUT2D eigenvalue weighted by Gasteiger charge is -2.27. The summed E-state index contributed by atoms with van der Waals surface area (Å²) in [5.41, 5.74) is -3.53. The molecule has 0 radical (unpaired) electrons. The average molecular weight is 342 g/mol. The van der Waals surface area contributed by atoms with Gasteiger partial charge in [0.2, 0.25) is 0 Å². The maximum atomic E-state index is 12.7. The molecular weight excluding hydrogens is 330 g/mol. The van der Waals surface area contributed by atoms with E-state index in [2.05, 4.69) is 5.32 Å². The Labute approximate surface area is 127 Å². The van der Waals surface area contributed by atoms with Gasteiger partial charge < -0.3 is 15.0 Å². The first-order valence-electron chi connectivity index (χ1n) is 6.50. The number of morpholine rings is 1. The first kappa shape index (κ1) is 17.4. The molecule has 23 heavy (non-hydrogen) atoms. The van der Waals surface area contributed by atoms with Gasteiger partial charge in [-0.25, -0.2) is 4.79 Å². The molecule has 1 N–H and O–H groups in total. The zero-order valence-electron chi connectivity index (χ0n) is 11.6. The van der Waals surface area contributed by atoms with Gasteiger partial charge in [0.25, 0.3) is 0 Å². The topological polar surface area (TPSA) is 41.6 Å². The van der Waals surface area contributed by atoms with Crippen molar-refractivity contribution in [2.75, 3.05) is 31.6 Å². The fourth-order valence-corrected chi connectivity index (χ4v) is 2.00. The van der Waals surface area contributed by atoms with Crippen molar-refractivity contribution in [2.45, 2.75) is 12.4 Å². The van der Waals surface area contributed by atoms with Crippen LogP contribution in [-0.2, 0) is 17.1 Å². The van der Waals surface area contributed by atoms with Crippen molar-refractivity contribution in [3.63, 3.8) is 0 Å². The van der Waals surface area contributed by atoms with E-state index < -0.39 is 35.2 Å². The summed E-state index contributed by atoms with van der Waals surface area (Å²) in [5, 5.41) is 2.07. The van der Waals surface area contributed by atoms with Crippen molar-refractivity contribution in [2.24, 2.45) is 0 Å². The maximum Gasteiger partial charge on any atom is 0.416 e. The number of ether oxygens (including phenoxy) is 1. The monoisotopic (exact) mass is 342 g/mol. The summed E-state index contributed by atoms with van der Waals surface area (Å²) in [7, 11) is 0. The fraction of sp³-hybridized carbons (Fsp3) is 0.462. The molecule has 1 aliphatic rings. The Morgan fingerprint density at radius 2 is 1.43 bits per heavy atom. The summed E-state index contributed by atoms with van der Waals surface area (Å²) in [6.07, 6.45) is -9.92. The van der Waals surface area contributed by atoms with Crippen LogP contribution in [0.5, 0.6) is 0 Å². The Hall–Kier alpha value is -1.97. The van der Waals surface area contributed by atoms with Crippen molar-refractivity contribution in [1.82, 2.24) is 4.90 Å². The molecule has 0 unspecified atom stereocenters. The van der Waals surface area contributed by atoms with Crippen LogP contribution < -0.4 is 5.32 Å². The highest BCUT2D eigenvalue weighted by atomic mass is 19.4. The van der Waals surface area contributed by atoms with E-state index in [-0.39, 0.29) is 32.4 Å². The van der Waals surface area contributed by atoms with Crippen LogP contribution >= 0.6 is 0 Å². The molecule has 4 nitrogen and oxygen atoms in total. The standard InChI is InChI=1S/C13H12F6N2O2/c14-12(15,16)8-5-9(13(17,18)19)7-10(6-8)20-11(22)21-1-3-23-4-2-21/h5-7H,1-4H2,(H,20,22). The van der Waals surface area contributed by atoms with E-state index in [1.165, 1.54) is 4.90 Å². The zero-order valence-corrected chi connectivity index (χ0v) is 11.6. The normalized spacial score (nSPS) is 16.3. The van der Waals surface area contributed by atoms with Crippen LogP contribution in [0.3, 0.4) is 0 Å². The molecule has 0 spiro atoms. The number of amides is 2. The minimum Gasteiger partial charge on any atom is -0.378 e. The van der Waals surface area contributed by atoms with E-state index in [4.69, 9.17) is 4.74 Å². The highest BCUT2D eigenvalue weighted by molar-refractivity contribution is 5.89. The molecule has 0 bridgehead atoms. The number of alkyl halides is 6. The van der Waals surface area contributed by atoms with Gasteiger partial charge in [-0.05, 0) is 18.2 Å². The smallest absolute Gasteiger partial charge is 0.378 e. The SMILES string of the molecule is O=C(Nc1cc(C(F)(F)F)cc(C(F)(F)F)c1)N1CCOCC1. The molecule has 1 aromatic rings. The minimum absolute atomic E-state index is 0.00436. The minimum atomic E-state index is -4.96. The fourth-order valence-electron chi connectivity index (χ4n) is 2.00. The van der Waals surface area contributed by atoms with Crippen LogP contribution in [0.25, 0.3) is 0 Å². The number of urea groups is 1. The molecule has 1 fully saturated rings. The number of nitrogens with zero attached hydrogens (tertiary/aromatic N) is 1. The predicted molar refractivity (Wildman–Crippen MR) is 67.9 cm³/mol.